The maximum atomic E-state index is 11.6. The summed E-state index contributed by atoms with van der Waals surface area (Å²) in [6.07, 6.45) is 3.96. The van der Waals surface area contributed by atoms with Crippen LogP contribution >= 0.6 is 0 Å². The zero-order valence-corrected chi connectivity index (χ0v) is 10.2. The van der Waals surface area contributed by atoms with Crippen LogP contribution < -0.4 is 0 Å². The summed E-state index contributed by atoms with van der Waals surface area (Å²) in [5, 5.41) is 0. The van der Waals surface area contributed by atoms with Crippen molar-refractivity contribution in [1.82, 2.24) is 0 Å². The minimum atomic E-state index is -0.465. The second-order valence-electron chi connectivity index (χ2n) is 3.96. The molecule has 1 rings (SSSR count). The van der Waals surface area contributed by atoms with E-state index in [0.717, 1.165) is 32.3 Å². The highest BCUT2D eigenvalue weighted by Crippen LogP contribution is 2.17. The Balaban J connectivity index is 2.39. The average Bonchev–Trinajstić information content (AvgIpc) is 2.30. The second kappa shape index (κ2) is 7.63. The molecule has 16 heavy (non-hydrogen) atoms. The number of carbonyl (C=O) groups is 1. The summed E-state index contributed by atoms with van der Waals surface area (Å²) >= 11 is 0. The summed E-state index contributed by atoms with van der Waals surface area (Å²) in [5.41, 5.74) is 0. The lowest BCUT2D eigenvalue weighted by atomic mass is 10.2. The minimum absolute atomic E-state index is 0.227. The van der Waals surface area contributed by atoms with Gasteiger partial charge in [0, 0.05) is 6.61 Å². The number of hydrogen-bond acceptors (Lipinski definition) is 4. The third kappa shape index (κ3) is 4.49. The van der Waals surface area contributed by atoms with E-state index in [2.05, 4.69) is 0 Å². The molecule has 1 saturated heterocycles. The van der Waals surface area contributed by atoms with Crippen molar-refractivity contribution in [2.45, 2.75) is 58.3 Å². The van der Waals surface area contributed by atoms with Gasteiger partial charge in [0.2, 0.25) is 0 Å². The van der Waals surface area contributed by atoms with Gasteiger partial charge in [-0.25, -0.2) is 4.79 Å². The first-order valence-electron chi connectivity index (χ1n) is 6.21. The predicted octanol–water partition coefficient (Wildman–Crippen LogP) is 2.26. The van der Waals surface area contributed by atoms with Gasteiger partial charge >= 0.3 is 5.97 Å². The summed E-state index contributed by atoms with van der Waals surface area (Å²) in [6, 6.07) is 0. The molecule has 2 unspecified atom stereocenters. The van der Waals surface area contributed by atoms with Gasteiger partial charge in [0.1, 0.15) is 0 Å². The summed E-state index contributed by atoms with van der Waals surface area (Å²) < 4.78 is 16.1. The Hall–Kier alpha value is -0.610. The highest BCUT2D eigenvalue weighted by Gasteiger charge is 2.25. The summed E-state index contributed by atoms with van der Waals surface area (Å²) in [5.74, 6) is -0.265. The molecular weight excluding hydrogens is 208 g/mol. The fourth-order valence-corrected chi connectivity index (χ4v) is 1.74. The highest BCUT2D eigenvalue weighted by atomic mass is 16.7. The summed E-state index contributed by atoms with van der Waals surface area (Å²) in [6.45, 7) is 4.95. The molecular formula is C12H22O4. The molecule has 1 heterocycles. The Kier molecular flexibility index (Phi) is 6.42. The van der Waals surface area contributed by atoms with Crippen LogP contribution in [0.1, 0.15) is 46.0 Å². The van der Waals surface area contributed by atoms with Crippen LogP contribution in [0.5, 0.6) is 0 Å². The van der Waals surface area contributed by atoms with E-state index in [9.17, 15) is 4.79 Å². The molecule has 0 amide bonds. The molecule has 0 aromatic rings. The number of ether oxygens (including phenoxy) is 3. The SMILES string of the molecule is CCCC(OC1CCCCO1)C(=O)OCC. The molecule has 0 aromatic carbocycles. The van der Waals surface area contributed by atoms with Gasteiger partial charge in [-0.3, -0.25) is 0 Å². The van der Waals surface area contributed by atoms with E-state index in [1.54, 1.807) is 6.92 Å². The topological polar surface area (TPSA) is 44.8 Å². The van der Waals surface area contributed by atoms with Crippen molar-refractivity contribution in [3.05, 3.63) is 0 Å². The number of esters is 1. The smallest absolute Gasteiger partial charge is 0.335 e. The average molecular weight is 230 g/mol. The van der Waals surface area contributed by atoms with Crippen molar-refractivity contribution in [3.8, 4) is 0 Å². The molecule has 4 heteroatoms. The lowest BCUT2D eigenvalue weighted by molar-refractivity contribution is -0.204. The third-order valence-electron chi connectivity index (χ3n) is 2.55. The fourth-order valence-electron chi connectivity index (χ4n) is 1.74. The molecule has 94 valence electrons. The van der Waals surface area contributed by atoms with E-state index in [-0.39, 0.29) is 12.3 Å². The molecule has 4 nitrogen and oxygen atoms in total. The molecule has 1 fully saturated rings. The molecule has 0 radical (unpaired) electrons. The normalized spacial score (nSPS) is 22.8. The van der Waals surface area contributed by atoms with E-state index < -0.39 is 6.10 Å². The molecule has 0 spiro atoms. The monoisotopic (exact) mass is 230 g/mol. The van der Waals surface area contributed by atoms with Crippen LogP contribution in [0.4, 0.5) is 0 Å². The lowest BCUT2D eigenvalue weighted by Crippen LogP contribution is -2.34. The largest absolute Gasteiger partial charge is 0.464 e. The van der Waals surface area contributed by atoms with Crippen molar-refractivity contribution in [2.24, 2.45) is 0 Å². The van der Waals surface area contributed by atoms with E-state index >= 15 is 0 Å². The first-order chi connectivity index (χ1) is 7.77. The van der Waals surface area contributed by atoms with E-state index in [4.69, 9.17) is 14.2 Å². The van der Waals surface area contributed by atoms with E-state index in [0.29, 0.717) is 13.0 Å². The molecule has 0 N–H and O–H groups in total. The molecule has 0 aromatic heterocycles. The quantitative estimate of drug-likeness (QED) is 0.656. The van der Waals surface area contributed by atoms with Crippen molar-refractivity contribution >= 4 is 5.97 Å². The third-order valence-corrected chi connectivity index (χ3v) is 2.55. The predicted molar refractivity (Wildman–Crippen MR) is 60.0 cm³/mol. The second-order valence-corrected chi connectivity index (χ2v) is 3.96. The standard InChI is InChI=1S/C12H22O4/c1-3-7-10(12(13)14-4-2)16-11-8-5-6-9-15-11/h10-11H,3-9H2,1-2H3. The maximum Gasteiger partial charge on any atom is 0.335 e. The fraction of sp³-hybridized carbons (Fsp3) is 0.917. The van der Waals surface area contributed by atoms with Gasteiger partial charge in [-0.1, -0.05) is 13.3 Å². The summed E-state index contributed by atoms with van der Waals surface area (Å²) in [4.78, 5) is 11.6. The molecule has 0 aliphatic carbocycles. The van der Waals surface area contributed by atoms with Crippen LogP contribution in [0.3, 0.4) is 0 Å². The Bertz CT molecular complexity index is 199. The van der Waals surface area contributed by atoms with Crippen molar-refractivity contribution in [1.29, 1.82) is 0 Å². The van der Waals surface area contributed by atoms with Crippen molar-refractivity contribution in [2.75, 3.05) is 13.2 Å². The Labute approximate surface area is 97.2 Å². The Morgan fingerprint density at radius 1 is 1.44 bits per heavy atom. The van der Waals surface area contributed by atoms with Crippen LogP contribution in [-0.2, 0) is 19.0 Å². The first-order valence-corrected chi connectivity index (χ1v) is 6.21. The van der Waals surface area contributed by atoms with Gasteiger partial charge in [-0.15, -0.1) is 0 Å². The van der Waals surface area contributed by atoms with Gasteiger partial charge in [0.25, 0.3) is 0 Å². The highest BCUT2D eigenvalue weighted by molar-refractivity contribution is 5.74. The van der Waals surface area contributed by atoms with Crippen LogP contribution in [0.25, 0.3) is 0 Å². The lowest BCUT2D eigenvalue weighted by Gasteiger charge is -2.26. The summed E-state index contributed by atoms with van der Waals surface area (Å²) in [7, 11) is 0. The Morgan fingerprint density at radius 2 is 2.25 bits per heavy atom. The number of hydrogen-bond donors (Lipinski definition) is 0. The molecule has 0 saturated carbocycles. The van der Waals surface area contributed by atoms with Crippen LogP contribution in [0.2, 0.25) is 0 Å². The van der Waals surface area contributed by atoms with Crippen molar-refractivity contribution < 1.29 is 19.0 Å². The van der Waals surface area contributed by atoms with Gasteiger partial charge in [0.05, 0.1) is 6.61 Å². The van der Waals surface area contributed by atoms with Crippen molar-refractivity contribution in [3.63, 3.8) is 0 Å². The molecule has 1 aliphatic rings. The minimum Gasteiger partial charge on any atom is -0.464 e. The van der Waals surface area contributed by atoms with Crippen LogP contribution in [0.15, 0.2) is 0 Å². The van der Waals surface area contributed by atoms with Gasteiger partial charge in [-0.05, 0) is 32.6 Å². The van der Waals surface area contributed by atoms with Crippen LogP contribution in [0, 0.1) is 0 Å². The zero-order valence-electron chi connectivity index (χ0n) is 10.2. The first kappa shape index (κ1) is 13.5. The zero-order chi connectivity index (χ0) is 11.8. The molecule has 2 atom stereocenters. The van der Waals surface area contributed by atoms with Gasteiger partial charge in [0.15, 0.2) is 12.4 Å². The molecule has 0 bridgehead atoms. The van der Waals surface area contributed by atoms with Gasteiger partial charge in [-0.2, -0.15) is 0 Å². The Morgan fingerprint density at radius 3 is 2.81 bits per heavy atom. The maximum absolute atomic E-state index is 11.6. The van der Waals surface area contributed by atoms with E-state index in [1.165, 1.54) is 0 Å². The number of carbonyl (C=O) groups excluding carboxylic acids is 1. The van der Waals surface area contributed by atoms with Crippen LogP contribution in [-0.4, -0.2) is 31.6 Å². The number of rotatable bonds is 6. The van der Waals surface area contributed by atoms with E-state index in [1.807, 2.05) is 6.92 Å². The van der Waals surface area contributed by atoms with Gasteiger partial charge < -0.3 is 14.2 Å². The molecule has 1 aliphatic heterocycles.